The Bertz CT molecular complexity index is 1420. The van der Waals surface area contributed by atoms with Crippen molar-refractivity contribution in [2.75, 3.05) is 7.11 Å². The van der Waals surface area contributed by atoms with E-state index >= 15 is 0 Å². The number of hydrogen-bond acceptors (Lipinski definition) is 4. The highest BCUT2D eigenvalue weighted by Crippen LogP contribution is 2.42. The van der Waals surface area contributed by atoms with E-state index in [4.69, 9.17) is 4.74 Å². The van der Waals surface area contributed by atoms with E-state index in [9.17, 15) is 14.4 Å². The second kappa shape index (κ2) is 9.37. The molecule has 1 amide bonds. The third-order valence-corrected chi connectivity index (χ3v) is 6.98. The highest BCUT2D eigenvalue weighted by atomic mass is 16.5. The van der Waals surface area contributed by atoms with Crippen molar-refractivity contribution in [1.29, 1.82) is 0 Å². The van der Waals surface area contributed by atoms with Crippen molar-refractivity contribution < 1.29 is 14.3 Å². The van der Waals surface area contributed by atoms with Gasteiger partial charge in [0.25, 0.3) is 5.56 Å². The van der Waals surface area contributed by atoms with Crippen LogP contribution >= 0.6 is 0 Å². The first-order valence-electron chi connectivity index (χ1n) is 11.9. The maximum absolute atomic E-state index is 13.7. The highest BCUT2D eigenvalue weighted by Gasteiger charge is 2.40. The quantitative estimate of drug-likeness (QED) is 0.491. The van der Waals surface area contributed by atoms with Crippen LogP contribution < -0.4 is 10.3 Å². The normalized spacial score (nSPS) is 18.1. The van der Waals surface area contributed by atoms with E-state index in [0.717, 1.165) is 22.2 Å². The van der Waals surface area contributed by atoms with Crippen LogP contribution in [0.3, 0.4) is 0 Å². The van der Waals surface area contributed by atoms with Gasteiger partial charge >= 0.3 is 0 Å². The Morgan fingerprint density at radius 1 is 1.06 bits per heavy atom. The van der Waals surface area contributed by atoms with E-state index in [0.29, 0.717) is 49.2 Å². The molecule has 0 spiro atoms. The fourth-order valence-electron chi connectivity index (χ4n) is 5.35. The summed E-state index contributed by atoms with van der Waals surface area (Å²) in [4.78, 5) is 42.2. The molecule has 0 saturated heterocycles. The lowest BCUT2D eigenvalue weighted by atomic mass is 9.77. The highest BCUT2D eigenvalue weighted by molar-refractivity contribution is 6.01. The number of ketones is 1. The molecule has 1 unspecified atom stereocenters. The van der Waals surface area contributed by atoms with Gasteiger partial charge in [0, 0.05) is 47.5 Å². The first-order valence-corrected chi connectivity index (χ1v) is 11.9. The molecule has 0 N–H and O–H groups in total. The number of allylic oxidation sites excluding steroid dienone is 3. The van der Waals surface area contributed by atoms with Crippen LogP contribution in [0.4, 0.5) is 0 Å². The molecule has 2 heterocycles. The van der Waals surface area contributed by atoms with Crippen molar-refractivity contribution in [3.05, 3.63) is 100 Å². The number of methoxy groups -OCH3 is 1. The molecule has 35 heavy (non-hydrogen) atoms. The second-order valence-corrected chi connectivity index (χ2v) is 9.09. The van der Waals surface area contributed by atoms with Crippen molar-refractivity contribution in [3.8, 4) is 5.75 Å². The lowest BCUT2D eigenvalue weighted by molar-refractivity contribution is -0.131. The third-order valence-electron chi connectivity index (χ3n) is 6.98. The molecular formula is C29H28N2O4. The van der Waals surface area contributed by atoms with E-state index in [-0.39, 0.29) is 23.7 Å². The number of amides is 1. The number of benzene rings is 2. The number of fused-ring (bicyclic) bond motifs is 1. The molecule has 2 aromatic carbocycles. The largest absolute Gasteiger partial charge is 0.497 e. The minimum absolute atomic E-state index is 0.0298. The molecule has 5 rings (SSSR count). The van der Waals surface area contributed by atoms with E-state index in [1.54, 1.807) is 22.7 Å². The molecule has 0 bridgehead atoms. The summed E-state index contributed by atoms with van der Waals surface area (Å²) in [6.45, 7) is 4.56. The molecule has 0 radical (unpaired) electrons. The Balaban J connectivity index is 1.68. The molecule has 0 fully saturated rings. The summed E-state index contributed by atoms with van der Waals surface area (Å²) in [5.41, 5.74) is 3.44. The maximum atomic E-state index is 13.7. The summed E-state index contributed by atoms with van der Waals surface area (Å²) in [5.74, 6) is 0.0843. The zero-order valence-corrected chi connectivity index (χ0v) is 19.8. The van der Waals surface area contributed by atoms with Crippen LogP contribution in [0.5, 0.6) is 5.75 Å². The molecule has 1 aliphatic carbocycles. The van der Waals surface area contributed by atoms with Gasteiger partial charge in [0.05, 0.1) is 19.2 Å². The van der Waals surface area contributed by atoms with Crippen LogP contribution in [0.1, 0.15) is 42.7 Å². The van der Waals surface area contributed by atoms with Crippen molar-refractivity contribution >= 4 is 22.6 Å². The van der Waals surface area contributed by atoms with Crippen molar-refractivity contribution in [1.82, 2.24) is 9.47 Å². The Hall–Kier alpha value is -3.93. The summed E-state index contributed by atoms with van der Waals surface area (Å²) < 4.78 is 7.05. The van der Waals surface area contributed by atoms with Gasteiger partial charge in [-0.05, 0) is 42.7 Å². The van der Waals surface area contributed by atoms with Gasteiger partial charge in [-0.15, -0.1) is 6.58 Å². The fraction of sp³-hybridized carbons (Fsp3) is 0.276. The van der Waals surface area contributed by atoms with Gasteiger partial charge in [-0.25, -0.2) is 0 Å². The average Bonchev–Trinajstić information content (AvgIpc) is 2.87. The number of carbonyl (C=O) groups excluding carboxylic acids is 2. The van der Waals surface area contributed by atoms with Crippen LogP contribution in [0.15, 0.2) is 83.3 Å². The number of carbonyl (C=O) groups is 2. The van der Waals surface area contributed by atoms with Crippen LogP contribution in [0, 0.1) is 0 Å². The predicted octanol–water partition coefficient (Wildman–Crippen LogP) is 4.72. The van der Waals surface area contributed by atoms with Gasteiger partial charge in [0.1, 0.15) is 5.75 Å². The predicted molar refractivity (Wildman–Crippen MR) is 135 cm³/mol. The van der Waals surface area contributed by atoms with E-state index in [1.165, 1.54) is 0 Å². The summed E-state index contributed by atoms with van der Waals surface area (Å²) in [6.07, 6.45) is 3.57. The van der Waals surface area contributed by atoms with Gasteiger partial charge < -0.3 is 14.2 Å². The van der Waals surface area contributed by atoms with Gasteiger partial charge in [-0.2, -0.15) is 0 Å². The van der Waals surface area contributed by atoms with E-state index in [1.807, 2.05) is 54.6 Å². The van der Waals surface area contributed by atoms with Crippen LogP contribution in [-0.2, 0) is 22.7 Å². The molecule has 1 atom stereocenters. The van der Waals surface area contributed by atoms with Crippen LogP contribution in [-0.4, -0.2) is 28.3 Å². The zero-order chi connectivity index (χ0) is 24.5. The Morgan fingerprint density at radius 2 is 1.86 bits per heavy atom. The summed E-state index contributed by atoms with van der Waals surface area (Å²) >= 11 is 0. The lowest BCUT2D eigenvalue weighted by Gasteiger charge is -2.38. The zero-order valence-electron chi connectivity index (χ0n) is 19.8. The van der Waals surface area contributed by atoms with Crippen molar-refractivity contribution in [3.63, 3.8) is 0 Å². The molecule has 2 aliphatic rings. The maximum Gasteiger partial charge on any atom is 0.255 e. The number of hydrogen-bond donors (Lipinski definition) is 0. The molecule has 178 valence electrons. The Morgan fingerprint density at radius 3 is 2.60 bits per heavy atom. The Labute approximate surface area is 204 Å². The summed E-state index contributed by atoms with van der Waals surface area (Å²) in [5, 5.41) is 0.824. The number of ether oxygens (including phenoxy) is 1. The molecular weight excluding hydrogens is 440 g/mol. The van der Waals surface area contributed by atoms with E-state index in [2.05, 4.69) is 6.58 Å². The van der Waals surface area contributed by atoms with Crippen molar-refractivity contribution in [2.45, 2.75) is 44.7 Å². The molecule has 1 aliphatic heterocycles. The summed E-state index contributed by atoms with van der Waals surface area (Å²) in [7, 11) is 1.60. The van der Waals surface area contributed by atoms with Gasteiger partial charge in [-0.1, -0.05) is 36.4 Å². The number of rotatable bonds is 6. The van der Waals surface area contributed by atoms with Crippen LogP contribution in [0.25, 0.3) is 10.9 Å². The average molecular weight is 469 g/mol. The van der Waals surface area contributed by atoms with Gasteiger partial charge in [-0.3, -0.25) is 14.4 Å². The lowest BCUT2D eigenvalue weighted by Crippen LogP contribution is -2.41. The molecule has 3 aromatic rings. The van der Waals surface area contributed by atoms with Gasteiger partial charge in [0.15, 0.2) is 5.78 Å². The third kappa shape index (κ3) is 4.09. The standard InChI is InChI=1S/C29H28N2O4/c1-3-14-30-24-13-12-21(35-2)15-20(24)16-23(29(30)34)22-17-27(33)31(18-19-8-5-4-6-9-19)25-10-7-11-26(32)28(22)25/h3-6,8-9,12-13,15-16,22H,1,7,10-11,14,17-18H2,2H3. The van der Waals surface area contributed by atoms with Crippen molar-refractivity contribution in [2.24, 2.45) is 0 Å². The smallest absolute Gasteiger partial charge is 0.255 e. The monoisotopic (exact) mass is 468 g/mol. The minimum Gasteiger partial charge on any atom is -0.497 e. The number of Topliss-reactive ketones (excluding diaryl/α,β-unsaturated/α-hetero) is 1. The second-order valence-electron chi connectivity index (χ2n) is 9.09. The minimum atomic E-state index is -0.559. The SMILES string of the molecule is C=CCn1c(=O)c(C2CC(=O)N(Cc3ccccc3)C3=C2C(=O)CCC3)cc2cc(OC)ccc21. The molecule has 6 nitrogen and oxygen atoms in total. The first kappa shape index (κ1) is 22.8. The number of pyridine rings is 1. The summed E-state index contributed by atoms with van der Waals surface area (Å²) in [6, 6.07) is 17.2. The molecule has 1 aromatic heterocycles. The fourth-order valence-corrected chi connectivity index (χ4v) is 5.35. The molecule has 0 saturated carbocycles. The number of nitrogens with zero attached hydrogens (tertiary/aromatic N) is 2. The Kier molecular flexibility index (Phi) is 6.12. The number of aromatic nitrogens is 1. The van der Waals surface area contributed by atoms with E-state index < -0.39 is 5.92 Å². The van der Waals surface area contributed by atoms with Gasteiger partial charge in [0.2, 0.25) is 5.91 Å². The first-order chi connectivity index (χ1) is 17.0. The topological polar surface area (TPSA) is 68.6 Å². The van der Waals surface area contributed by atoms with Crippen LogP contribution in [0.2, 0.25) is 0 Å². The molecule has 6 heteroatoms.